The summed E-state index contributed by atoms with van der Waals surface area (Å²) in [5.41, 5.74) is 5.74. The Hall–Kier alpha value is -0.570. The summed E-state index contributed by atoms with van der Waals surface area (Å²) < 4.78 is 4.63. The van der Waals surface area contributed by atoms with E-state index in [9.17, 15) is 4.79 Å². The van der Waals surface area contributed by atoms with Crippen LogP contribution < -0.4 is 5.73 Å². The van der Waals surface area contributed by atoms with Crippen LogP contribution in [-0.2, 0) is 9.53 Å². The molecule has 2 unspecified atom stereocenters. The van der Waals surface area contributed by atoms with E-state index in [1.54, 1.807) is 0 Å². The molecule has 0 aromatic rings. The molecule has 3 nitrogen and oxygen atoms in total. The van der Waals surface area contributed by atoms with Crippen molar-refractivity contribution in [3.8, 4) is 0 Å². The first kappa shape index (κ1) is 13.5. The lowest BCUT2D eigenvalue weighted by atomic mass is 9.92. The van der Waals surface area contributed by atoms with Crippen molar-refractivity contribution >= 4 is 5.97 Å². The van der Waals surface area contributed by atoms with Crippen LogP contribution in [0.2, 0.25) is 0 Å². The molecule has 0 aliphatic heterocycles. The molecule has 2 atom stereocenters. The van der Waals surface area contributed by atoms with Crippen LogP contribution >= 0.6 is 0 Å². The summed E-state index contributed by atoms with van der Waals surface area (Å²) in [6.45, 7) is 2.18. The maximum atomic E-state index is 11.2. The van der Waals surface area contributed by atoms with Gasteiger partial charge in [0.15, 0.2) is 0 Å². The molecule has 0 radical (unpaired) electrons. The van der Waals surface area contributed by atoms with Gasteiger partial charge in [0.05, 0.1) is 7.11 Å². The second-order valence-corrected chi connectivity index (χ2v) is 5.20. The molecule has 0 bridgehead atoms. The van der Waals surface area contributed by atoms with E-state index in [0.717, 1.165) is 12.3 Å². The Bertz CT molecular complexity index is 212. The summed E-state index contributed by atoms with van der Waals surface area (Å²) in [6, 6.07) is -0.441. The Morgan fingerprint density at radius 3 is 2.62 bits per heavy atom. The Labute approximate surface area is 98.7 Å². The van der Waals surface area contributed by atoms with E-state index >= 15 is 0 Å². The fraction of sp³-hybridized carbons (Fsp3) is 0.923. The Kier molecular flexibility index (Phi) is 5.81. The number of rotatable bonds is 6. The first-order valence-corrected chi connectivity index (χ1v) is 6.47. The van der Waals surface area contributed by atoms with Gasteiger partial charge >= 0.3 is 5.97 Å². The number of esters is 1. The third kappa shape index (κ3) is 4.52. The predicted molar refractivity (Wildman–Crippen MR) is 65.0 cm³/mol. The van der Waals surface area contributed by atoms with Crippen molar-refractivity contribution in [3.05, 3.63) is 0 Å². The van der Waals surface area contributed by atoms with Gasteiger partial charge < -0.3 is 10.5 Å². The summed E-state index contributed by atoms with van der Waals surface area (Å²) in [5.74, 6) is 1.17. The van der Waals surface area contributed by atoms with E-state index in [1.807, 2.05) is 0 Å². The van der Waals surface area contributed by atoms with Gasteiger partial charge in [-0.15, -0.1) is 0 Å². The highest BCUT2D eigenvalue weighted by Gasteiger charge is 2.19. The highest BCUT2D eigenvalue weighted by molar-refractivity contribution is 5.75. The van der Waals surface area contributed by atoms with Crippen LogP contribution in [0.5, 0.6) is 0 Å². The maximum absolute atomic E-state index is 11.2. The molecule has 1 aliphatic carbocycles. The number of carbonyl (C=O) groups is 1. The third-order valence-electron chi connectivity index (χ3n) is 3.70. The molecule has 0 saturated heterocycles. The van der Waals surface area contributed by atoms with Gasteiger partial charge in [-0.25, -0.2) is 0 Å². The number of ether oxygens (including phenoxy) is 1. The van der Waals surface area contributed by atoms with Crippen LogP contribution in [0.15, 0.2) is 0 Å². The van der Waals surface area contributed by atoms with Crippen molar-refractivity contribution in [3.63, 3.8) is 0 Å². The highest BCUT2D eigenvalue weighted by atomic mass is 16.5. The fourth-order valence-corrected chi connectivity index (χ4v) is 2.62. The maximum Gasteiger partial charge on any atom is 0.322 e. The minimum atomic E-state index is -0.441. The smallest absolute Gasteiger partial charge is 0.322 e. The van der Waals surface area contributed by atoms with Crippen molar-refractivity contribution in [1.82, 2.24) is 0 Å². The number of hydrogen-bond donors (Lipinski definition) is 1. The number of carbonyl (C=O) groups excluding carboxylic acids is 1. The van der Waals surface area contributed by atoms with E-state index in [2.05, 4.69) is 11.7 Å². The Balaban J connectivity index is 2.14. The zero-order valence-corrected chi connectivity index (χ0v) is 10.6. The standard InChI is InChI=1S/C13H25NO2/c1-10(9-12(14)13(15)16-2)7-8-11-5-3-4-6-11/h10-12H,3-9,14H2,1-2H3. The average molecular weight is 227 g/mol. The first-order chi connectivity index (χ1) is 7.63. The Morgan fingerprint density at radius 2 is 2.06 bits per heavy atom. The summed E-state index contributed by atoms with van der Waals surface area (Å²) in [4.78, 5) is 11.2. The van der Waals surface area contributed by atoms with E-state index < -0.39 is 6.04 Å². The van der Waals surface area contributed by atoms with Crippen LogP contribution in [0, 0.1) is 11.8 Å². The molecular formula is C13H25NO2. The molecule has 16 heavy (non-hydrogen) atoms. The molecule has 2 N–H and O–H groups in total. The van der Waals surface area contributed by atoms with E-state index in [0.29, 0.717) is 5.92 Å². The number of hydrogen-bond acceptors (Lipinski definition) is 3. The molecule has 3 heteroatoms. The first-order valence-electron chi connectivity index (χ1n) is 6.47. The fourth-order valence-electron chi connectivity index (χ4n) is 2.62. The predicted octanol–water partition coefficient (Wildman–Crippen LogP) is 2.48. The SMILES string of the molecule is COC(=O)C(N)CC(C)CCC1CCCC1. The van der Waals surface area contributed by atoms with Crippen LogP contribution in [0.4, 0.5) is 0 Å². The van der Waals surface area contributed by atoms with Gasteiger partial charge in [-0.2, -0.15) is 0 Å². The quantitative estimate of drug-likeness (QED) is 0.709. The lowest BCUT2D eigenvalue weighted by Crippen LogP contribution is -2.33. The van der Waals surface area contributed by atoms with Gasteiger partial charge in [0.25, 0.3) is 0 Å². The molecule has 0 heterocycles. The normalized spacial score (nSPS) is 20.7. The van der Waals surface area contributed by atoms with E-state index in [-0.39, 0.29) is 5.97 Å². The van der Waals surface area contributed by atoms with Gasteiger partial charge in [-0.1, -0.05) is 45.4 Å². The van der Waals surface area contributed by atoms with Crippen molar-refractivity contribution in [2.75, 3.05) is 7.11 Å². The third-order valence-corrected chi connectivity index (χ3v) is 3.70. The van der Waals surface area contributed by atoms with Crippen LogP contribution in [-0.4, -0.2) is 19.1 Å². The van der Waals surface area contributed by atoms with Crippen molar-refractivity contribution in [2.45, 2.75) is 57.9 Å². The zero-order chi connectivity index (χ0) is 12.0. The average Bonchev–Trinajstić information content (AvgIpc) is 2.78. The number of methoxy groups -OCH3 is 1. The van der Waals surface area contributed by atoms with Gasteiger partial charge in [-0.05, 0) is 18.3 Å². The van der Waals surface area contributed by atoms with Gasteiger partial charge in [-0.3, -0.25) is 4.79 Å². The molecule has 1 saturated carbocycles. The van der Waals surface area contributed by atoms with Crippen LogP contribution in [0.25, 0.3) is 0 Å². The van der Waals surface area contributed by atoms with Crippen molar-refractivity contribution in [1.29, 1.82) is 0 Å². The largest absolute Gasteiger partial charge is 0.468 e. The lowest BCUT2D eigenvalue weighted by Gasteiger charge is -2.17. The molecular weight excluding hydrogens is 202 g/mol. The van der Waals surface area contributed by atoms with Gasteiger partial charge in [0.2, 0.25) is 0 Å². The Morgan fingerprint density at radius 1 is 1.44 bits per heavy atom. The van der Waals surface area contributed by atoms with Crippen molar-refractivity contribution in [2.24, 2.45) is 17.6 Å². The lowest BCUT2D eigenvalue weighted by molar-refractivity contribution is -0.142. The molecule has 0 spiro atoms. The molecule has 1 rings (SSSR count). The van der Waals surface area contributed by atoms with Crippen LogP contribution in [0.1, 0.15) is 51.9 Å². The minimum Gasteiger partial charge on any atom is -0.468 e. The monoisotopic (exact) mass is 227 g/mol. The van der Waals surface area contributed by atoms with E-state index in [1.165, 1.54) is 45.6 Å². The number of nitrogens with two attached hydrogens (primary N) is 1. The summed E-state index contributed by atoms with van der Waals surface area (Å²) in [6.07, 6.45) is 8.84. The summed E-state index contributed by atoms with van der Waals surface area (Å²) in [5, 5.41) is 0. The zero-order valence-electron chi connectivity index (χ0n) is 10.6. The molecule has 0 amide bonds. The topological polar surface area (TPSA) is 52.3 Å². The second kappa shape index (κ2) is 6.89. The molecule has 0 aromatic carbocycles. The van der Waals surface area contributed by atoms with E-state index in [4.69, 9.17) is 5.73 Å². The van der Waals surface area contributed by atoms with Crippen molar-refractivity contribution < 1.29 is 9.53 Å². The second-order valence-electron chi connectivity index (χ2n) is 5.20. The van der Waals surface area contributed by atoms with Gasteiger partial charge in [0.1, 0.15) is 6.04 Å². The minimum absolute atomic E-state index is 0.285. The highest BCUT2D eigenvalue weighted by Crippen LogP contribution is 2.30. The molecule has 1 aliphatic rings. The molecule has 94 valence electrons. The molecule has 0 aromatic heterocycles. The summed E-state index contributed by atoms with van der Waals surface area (Å²) in [7, 11) is 1.39. The molecule has 1 fully saturated rings. The van der Waals surface area contributed by atoms with Gasteiger partial charge in [0, 0.05) is 0 Å². The van der Waals surface area contributed by atoms with Crippen LogP contribution in [0.3, 0.4) is 0 Å². The summed E-state index contributed by atoms with van der Waals surface area (Å²) >= 11 is 0.